The molecule has 0 aliphatic carbocycles. The third-order valence-corrected chi connectivity index (χ3v) is 10.6. The number of hydrogen-bond acceptors (Lipinski definition) is 6. The number of rotatable bonds is 9. The van der Waals surface area contributed by atoms with Crippen molar-refractivity contribution in [2.24, 2.45) is 17.8 Å². The minimum atomic E-state index is -0.765. The molecule has 3 heterocycles. The highest BCUT2D eigenvalue weighted by atomic mass is 32.2. The summed E-state index contributed by atoms with van der Waals surface area (Å²) in [5, 5.41) is 16.1. The van der Waals surface area contributed by atoms with Crippen LogP contribution in [-0.2, 0) is 14.4 Å². The predicted octanol–water partition coefficient (Wildman–Crippen LogP) is 2.72. The number of nitrogens with one attached hydrogen (secondary N) is 2. The molecule has 3 aliphatic heterocycles. The first kappa shape index (κ1) is 26.8. The molecule has 198 valence electrons. The number of nitrogens with zero attached hydrogens (tertiary/aromatic N) is 2. The lowest BCUT2D eigenvalue weighted by Gasteiger charge is -2.38. The van der Waals surface area contributed by atoms with Gasteiger partial charge in [0.05, 0.1) is 29.2 Å². The summed E-state index contributed by atoms with van der Waals surface area (Å²) in [5.41, 5.74) is 1.75. The number of likely N-dealkylation sites (tertiary alicyclic amines) is 1. The molecule has 0 radical (unpaired) electrons. The van der Waals surface area contributed by atoms with Crippen molar-refractivity contribution in [3.63, 3.8) is 0 Å². The van der Waals surface area contributed by atoms with Gasteiger partial charge in [0.1, 0.15) is 6.04 Å². The molecule has 1 spiro atoms. The van der Waals surface area contributed by atoms with Gasteiger partial charge >= 0.3 is 0 Å². The monoisotopic (exact) mass is 516 g/mol. The molecule has 3 amide bonds. The topological polar surface area (TPSA) is 102 Å². The van der Waals surface area contributed by atoms with E-state index in [9.17, 15) is 19.5 Å². The van der Waals surface area contributed by atoms with Crippen LogP contribution in [0, 0.1) is 17.8 Å². The Hall–Kier alpha value is -2.26. The molecule has 1 aromatic carbocycles. The minimum Gasteiger partial charge on any atom is -0.394 e. The molecule has 0 saturated carbocycles. The highest BCUT2D eigenvalue weighted by molar-refractivity contribution is 8.02. The second-order valence-corrected chi connectivity index (χ2v) is 12.7. The van der Waals surface area contributed by atoms with Gasteiger partial charge in [0.2, 0.25) is 17.7 Å². The van der Waals surface area contributed by atoms with Crippen molar-refractivity contribution >= 4 is 40.9 Å². The summed E-state index contributed by atoms with van der Waals surface area (Å²) in [6.07, 6.45) is 1.45. The normalized spacial score (nSPS) is 31.5. The Kier molecular flexibility index (Phi) is 7.36. The highest BCUT2D eigenvalue weighted by Crippen LogP contribution is 2.71. The van der Waals surface area contributed by atoms with Crippen molar-refractivity contribution in [1.82, 2.24) is 10.2 Å². The lowest BCUT2D eigenvalue weighted by Crippen LogP contribution is -2.56. The van der Waals surface area contributed by atoms with Crippen LogP contribution in [0.5, 0.6) is 0 Å². The quantitative estimate of drug-likeness (QED) is 0.467. The zero-order chi connectivity index (χ0) is 26.4. The number of anilines is 2. The smallest absolute Gasteiger partial charge is 0.248 e. The molecular formula is C27H40N4O4S. The van der Waals surface area contributed by atoms with E-state index in [-0.39, 0.29) is 30.2 Å². The van der Waals surface area contributed by atoms with E-state index in [0.29, 0.717) is 12.1 Å². The zero-order valence-corrected chi connectivity index (χ0v) is 23.0. The molecule has 3 N–H and O–H groups in total. The van der Waals surface area contributed by atoms with Crippen LogP contribution >= 0.6 is 11.8 Å². The van der Waals surface area contributed by atoms with Crippen LogP contribution in [0.25, 0.3) is 0 Å². The molecule has 2 bridgehead atoms. The molecule has 2 unspecified atom stereocenters. The number of aliphatic hydroxyl groups excluding tert-OH is 1. The molecule has 1 aromatic rings. The molecule has 6 atom stereocenters. The van der Waals surface area contributed by atoms with Gasteiger partial charge < -0.3 is 25.5 Å². The van der Waals surface area contributed by atoms with Gasteiger partial charge in [-0.1, -0.05) is 13.8 Å². The minimum absolute atomic E-state index is 0.0472. The first-order valence-electron chi connectivity index (χ1n) is 13.1. The Morgan fingerprint density at radius 1 is 1.17 bits per heavy atom. The average molecular weight is 517 g/mol. The standard InChI is InChI=1S/C27H40N4O4S/c1-7-30(8-2)18-11-9-17(10-12-18)29-24(34)22-27-14-13-26(5,36-27)20(23(33)28-6)21(27)25(35)31(22)19(15-32)16(3)4/h9-12,16,19-22,32H,7-8,13-15H2,1-6H3,(H,28,33)(H,29,34)/t19-,20-,21-,22?,26+,27?/m0/s1. The fraction of sp³-hybridized carbons (Fsp3) is 0.667. The van der Waals surface area contributed by atoms with Gasteiger partial charge in [-0.25, -0.2) is 0 Å². The van der Waals surface area contributed by atoms with Crippen molar-refractivity contribution in [2.45, 2.75) is 69.0 Å². The van der Waals surface area contributed by atoms with E-state index >= 15 is 0 Å². The fourth-order valence-corrected chi connectivity index (χ4v) is 9.09. The maximum Gasteiger partial charge on any atom is 0.248 e. The summed E-state index contributed by atoms with van der Waals surface area (Å²) in [5.74, 6) is -1.74. The van der Waals surface area contributed by atoms with Gasteiger partial charge in [-0.05, 0) is 63.8 Å². The number of carbonyl (C=O) groups excluding carboxylic acids is 3. The van der Waals surface area contributed by atoms with E-state index in [0.717, 1.165) is 25.2 Å². The molecule has 3 fully saturated rings. The van der Waals surface area contributed by atoms with Crippen LogP contribution in [0.3, 0.4) is 0 Å². The van der Waals surface area contributed by atoms with Crippen LogP contribution in [0.4, 0.5) is 11.4 Å². The summed E-state index contributed by atoms with van der Waals surface area (Å²) >= 11 is 1.64. The van der Waals surface area contributed by atoms with Crippen LogP contribution in [0.1, 0.15) is 47.5 Å². The summed E-state index contributed by atoms with van der Waals surface area (Å²) in [6, 6.07) is 6.49. The molecular weight excluding hydrogens is 476 g/mol. The number of aliphatic hydroxyl groups is 1. The van der Waals surface area contributed by atoms with Gasteiger partial charge in [-0.2, -0.15) is 0 Å². The number of carbonyl (C=O) groups is 3. The van der Waals surface area contributed by atoms with Crippen molar-refractivity contribution in [3.05, 3.63) is 24.3 Å². The Labute approximate surface area is 218 Å². The lowest BCUT2D eigenvalue weighted by molar-refractivity contribution is -0.143. The molecule has 36 heavy (non-hydrogen) atoms. The van der Waals surface area contributed by atoms with Gasteiger partial charge in [-0.15, -0.1) is 11.8 Å². The van der Waals surface area contributed by atoms with Gasteiger partial charge in [0.25, 0.3) is 0 Å². The Bertz CT molecular complexity index is 1010. The Morgan fingerprint density at radius 3 is 2.33 bits per heavy atom. The van der Waals surface area contributed by atoms with Crippen LogP contribution in [0.2, 0.25) is 0 Å². The van der Waals surface area contributed by atoms with E-state index < -0.39 is 33.4 Å². The fourth-order valence-electron chi connectivity index (χ4n) is 6.75. The molecule has 3 aliphatic rings. The van der Waals surface area contributed by atoms with E-state index in [1.54, 1.807) is 23.7 Å². The lowest BCUT2D eigenvalue weighted by atomic mass is 9.66. The van der Waals surface area contributed by atoms with Crippen molar-refractivity contribution in [3.8, 4) is 0 Å². The van der Waals surface area contributed by atoms with Gasteiger partial charge in [0.15, 0.2) is 0 Å². The molecule has 4 rings (SSSR count). The summed E-state index contributed by atoms with van der Waals surface area (Å²) in [7, 11) is 1.60. The first-order chi connectivity index (χ1) is 17.1. The predicted molar refractivity (Wildman–Crippen MR) is 144 cm³/mol. The maximum atomic E-state index is 14.0. The number of hydrogen-bond donors (Lipinski definition) is 3. The molecule has 3 saturated heterocycles. The Morgan fingerprint density at radius 2 is 1.81 bits per heavy atom. The SMILES string of the molecule is CCN(CC)c1ccc(NC(=O)C2N([C@@H](CO)C(C)C)C(=O)[C@@H]3[C@@H](C(=O)NC)[C@@]4(C)CCC23S4)cc1. The number of thioether (sulfide) groups is 1. The van der Waals surface area contributed by atoms with E-state index in [2.05, 4.69) is 36.3 Å². The third-order valence-electron chi connectivity index (χ3n) is 8.57. The molecule has 0 aromatic heterocycles. The largest absolute Gasteiger partial charge is 0.394 e. The maximum absolute atomic E-state index is 14.0. The zero-order valence-electron chi connectivity index (χ0n) is 22.2. The second-order valence-electron chi connectivity index (χ2n) is 10.8. The Balaban J connectivity index is 1.71. The summed E-state index contributed by atoms with van der Waals surface area (Å²) in [4.78, 5) is 44.9. The number of fused-ring (bicyclic) bond motifs is 1. The van der Waals surface area contributed by atoms with Crippen LogP contribution in [0.15, 0.2) is 24.3 Å². The average Bonchev–Trinajstić information content (AvgIpc) is 3.42. The number of amides is 3. The second kappa shape index (κ2) is 9.89. The van der Waals surface area contributed by atoms with Crippen molar-refractivity contribution in [1.29, 1.82) is 0 Å². The third kappa shape index (κ3) is 3.99. The van der Waals surface area contributed by atoms with E-state index in [1.807, 2.05) is 38.1 Å². The van der Waals surface area contributed by atoms with Crippen LogP contribution < -0.4 is 15.5 Å². The summed E-state index contributed by atoms with van der Waals surface area (Å²) in [6.45, 7) is 11.7. The summed E-state index contributed by atoms with van der Waals surface area (Å²) < 4.78 is -1.10. The highest BCUT2D eigenvalue weighted by Gasteiger charge is 2.77. The number of benzene rings is 1. The van der Waals surface area contributed by atoms with Gasteiger partial charge in [0, 0.05) is 36.3 Å². The van der Waals surface area contributed by atoms with Crippen LogP contribution in [-0.4, -0.2) is 76.0 Å². The van der Waals surface area contributed by atoms with Crippen molar-refractivity contribution in [2.75, 3.05) is 37.0 Å². The molecule has 9 heteroatoms. The van der Waals surface area contributed by atoms with Crippen molar-refractivity contribution < 1.29 is 19.5 Å². The van der Waals surface area contributed by atoms with Gasteiger partial charge in [-0.3, -0.25) is 14.4 Å². The first-order valence-corrected chi connectivity index (χ1v) is 13.9. The van der Waals surface area contributed by atoms with E-state index in [4.69, 9.17) is 0 Å². The van der Waals surface area contributed by atoms with E-state index in [1.165, 1.54) is 0 Å². The molecule has 8 nitrogen and oxygen atoms in total.